The van der Waals surface area contributed by atoms with Gasteiger partial charge in [-0.3, -0.25) is 9.78 Å². The van der Waals surface area contributed by atoms with Crippen LogP contribution in [0.4, 0.5) is 17.5 Å². The van der Waals surface area contributed by atoms with Gasteiger partial charge in [-0.1, -0.05) is 15.9 Å². The molecule has 0 fully saturated rings. The first kappa shape index (κ1) is 14.2. The molecule has 0 aromatic carbocycles. The van der Waals surface area contributed by atoms with Crippen LogP contribution >= 0.6 is 32.9 Å². The largest absolute Gasteiger partial charge is 0.369 e. The van der Waals surface area contributed by atoms with Gasteiger partial charge in [0.15, 0.2) is 11.5 Å². The van der Waals surface area contributed by atoms with Crippen LogP contribution in [0.5, 0.6) is 0 Å². The molecule has 1 aliphatic heterocycles. The number of aromatic nitrogens is 2. The van der Waals surface area contributed by atoms with Crippen molar-refractivity contribution >= 4 is 56.1 Å². The summed E-state index contributed by atoms with van der Waals surface area (Å²) < 4.78 is 0. The monoisotopic (exact) mass is 365 g/mol. The molecule has 0 atom stereocenters. The van der Waals surface area contributed by atoms with Crippen molar-refractivity contribution < 1.29 is 0 Å². The minimum atomic E-state index is -0.344. The Morgan fingerprint density at radius 2 is 2.12 bits per heavy atom. The maximum absolute atomic E-state index is 11.6. The van der Waals surface area contributed by atoms with Crippen LogP contribution < -0.4 is 16.6 Å². The third kappa shape index (κ3) is 2.52. The van der Waals surface area contributed by atoms with Crippen LogP contribution in [0, 0.1) is 0 Å². The number of hydrogen-bond donors (Lipinski definition) is 3. The van der Waals surface area contributed by atoms with E-state index < -0.39 is 0 Å². The standard InChI is InChI=1S/C9H12BrN5O.BrH/c1-9(2)4(3-10)12-5-6(15-9)13-8(11)14-7(5)16;/h3H2,1-2H3,(H4,11,13,14,15,16);1H. The second-order valence-electron chi connectivity index (χ2n) is 4.09. The molecule has 1 aliphatic rings. The van der Waals surface area contributed by atoms with Crippen molar-refractivity contribution in [2.24, 2.45) is 4.99 Å². The van der Waals surface area contributed by atoms with Gasteiger partial charge < -0.3 is 11.1 Å². The van der Waals surface area contributed by atoms with Crippen molar-refractivity contribution in [3.63, 3.8) is 0 Å². The predicted octanol–water partition coefficient (Wildman–Crippen LogP) is 1.60. The van der Waals surface area contributed by atoms with E-state index in [4.69, 9.17) is 5.73 Å². The van der Waals surface area contributed by atoms with Crippen molar-refractivity contribution in [3.8, 4) is 0 Å². The van der Waals surface area contributed by atoms with Gasteiger partial charge in [-0.05, 0) is 13.8 Å². The normalized spacial score (nSPS) is 16.3. The minimum absolute atomic E-state index is 0. The zero-order valence-electron chi connectivity index (χ0n) is 9.37. The number of aliphatic imine (C=N–C) groups is 1. The smallest absolute Gasteiger partial charge is 0.280 e. The number of nitrogens with one attached hydrogen (secondary N) is 2. The molecule has 94 valence electrons. The van der Waals surface area contributed by atoms with E-state index in [0.29, 0.717) is 11.1 Å². The van der Waals surface area contributed by atoms with Gasteiger partial charge in [0.1, 0.15) is 0 Å². The highest BCUT2D eigenvalue weighted by Crippen LogP contribution is 2.29. The molecule has 2 heterocycles. The molecule has 1 aromatic heterocycles. The summed E-state index contributed by atoms with van der Waals surface area (Å²) in [5.41, 5.74) is 5.93. The molecule has 6 nitrogen and oxygen atoms in total. The number of rotatable bonds is 1. The van der Waals surface area contributed by atoms with Crippen LogP contribution in [0.2, 0.25) is 0 Å². The molecule has 17 heavy (non-hydrogen) atoms. The third-order valence-electron chi connectivity index (χ3n) is 2.44. The van der Waals surface area contributed by atoms with E-state index in [-0.39, 0.29) is 39.7 Å². The van der Waals surface area contributed by atoms with Crippen LogP contribution in [-0.4, -0.2) is 26.5 Å². The SMILES string of the molecule is Br.CC1(C)Nc2nc(N)[nH]c(=O)c2N=C1CBr. The second-order valence-corrected chi connectivity index (χ2v) is 4.65. The van der Waals surface area contributed by atoms with E-state index in [2.05, 4.69) is 36.2 Å². The van der Waals surface area contributed by atoms with E-state index in [1.807, 2.05) is 13.8 Å². The number of H-pyrrole nitrogens is 1. The van der Waals surface area contributed by atoms with Gasteiger partial charge in [0.2, 0.25) is 5.95 Å². The van der Waals surface area contributed by atoms with Crippen molar-refractivity contribution in [3.05, 3.63) is 10.4 Å². The fourth-order valence-electron chi connectivity index (χ4n) is 1.52. The lowest BCUT2D eigenvalue weighted by Gasteiger charge is -2.31. The van der Waals surface area contributed by atoms with Gasteiger partial charge in [0.05, 0.1) is 11.3 Å². The molecule has 2 rings (SSSR count). The Hall–Kier alpha value is -0.890. The summed E-state index contributed by atoms with van der Waals surface area (Å²) in [6.45, 7) is 3.93. The van der Waals surface area contributed by atoms with Gasteiger partial charge in [-0.2, -0.15) is 4.98 Å². The number of anilines is 2. The lowest BCUT2D eigenvalue weighted by atomic mass is 9.97. The molecular weight excluding hydrogens is 354 g/mol. The van der Waals surface area contributed by atoms with E-state index in [1.165, 1.54) is 0 Å². The molecule has 0 unspecified atom stereocenters. The molecule has 0 radical (unpaired) electrons. The lowest BCUT2D eigenvalue weighted by molar-refractivity contribution is 0.740. The van der Waals surface area contributed by atoms with Crippen LogP contribution in [0.3, 0.4) is 0 Å². The molecule has 0 spiro atoms. The molecule has 0 saturated carbocycles. The number of alkyl halides is 1. The second kappa shape index (κ2) is 4.77. The molecule has 0 aliphatic carbocycles. The van der Waals surface area contributed by atoms with Crippen molar-refractivity contribution in [2.75, 3.05) is 16.4 Å². The van der Waals surface area contributed by atoms with Gasteiger partial charge in [0, 0.05) is 5.33 Å². The van der Waals surface area contributed by atoms with E-state index in [9.17, 15) is 4.79 Å². The first-order chi connectivity index (χ1) is 7.44. The molecule has 8 heteroatoms. The molecular formula is C9H13Br2N5O. The van der Waals surface area contributed by atoms with Crippen molar-refractivity contribution in [1.29, 1.82) is 0 Å². The zero-order chi connectivity index (χ0) is 11.9. The Balaban J connectivity index is 0.00000144. The topological polar surface area (TPSA) is 96.2 Å². The van der Waals surface area contributed by atoms with Crippen LogP contribution in [0.25, 0.3) is 0 Å². The van der Waals surface area contributed by atoms with Gasteiger partial charge in [-0.15, -0.1) is 17.0 Å². The predicted molar refractivity (Wildman–Crippen MR) is 78.2 cm³/mol. The number of aromatic amines is 1. The number of halogens is 2. The Morgan fingerprint density at radius 3 is 2.71 bits per heavy atom. The molecule has 0 amide bonds. The summed E-state index contributed by atoms with van der Waals surface area (Å²) >= 11 is 3.35. The first-order valence-electron chi connectivity index (χ1n) is 4.76. The summed E-state index contributed by atoms with van der Waals surface area (Å²) in [6.07, 6.45) is 0. The van der Waals surface area contributed by atoms with Crippen molar-refractivity contribution in [1.82, 2.24) is 9.97 Å². The number of nitrogen functional groups attached to an aromatic ring is 1. The number of nitrogens with zero attached hydrogens (tertiary/aromatic N) is 2. The Bertz CT molecular complexity index is 523. The molecule has 0 saturated heterocycles. The van der Waals surface area contributed by atoms with Crippen LogP contribution in [0.1, 0.15) is 13.8 Å². The third-order valence-corrected chi connectivity index (χ3v) is 2.97. The molecule has 1 aromatic rings. The zero-order valence-corrected chi connectivity index (χ0v) is 12.7. The fourth-order valence-corrected chi connectivity index (χ4v) is 2.34. The van der Waals surface area contributed by atoms with Gasteiger partial charge in [-0.25, -0.2) is 4.99 Å². The Morgan fingerprint density at radius 1 is 1.47 bits per heavy atom. The highest BCUT2D eigenvalue weighted by molar-refractivity contribution is 9.09. The van der Waals surface area contributed by atoms with Gasteiger partial charge in [0.25, 0.3) is 5.56 Å². The van der Waals surface area contributed by atoms with E-state index >= 15 is 0 Å². The lowest BCUT2D eigenvalue weighted by Crippen LogP contribution is -2.44. The first-order valence-corrected chi connectivity index (χ1v) is 5.88. The maximum atomic E-state index is 11.6. The quantitative estimate of drug-likeness (QED) is 0.657. The number of nitrogens with two attached hydrogens (primary N) is 1. The van der Waals surface area contributed by atoms with E-state index in [1.54, 1.807) is 0 Å². The Labute approximate surface area is 117 Å². The molecule has 0 bridgehead atoms. The summed E-state index contributed by atoms with van der Waals surface area (Å²) in [5, 5.41) is 3.74. The minimum Gasteiger partial charge on any atom is -0.369 e. The average molecular weight is 367 g/mol. The Kier molecular flexibility index (Phi) is 3.98. The molecule has 4 N–H and O–H groups in total. The summed E-state index contributed by atoms with van der Waals surface area (Å²) in [4.78, 5) is 22.4. The van der Waals surface area contributed by atoms with Crippen molar-refractivity contribution in [2.45, 2.75) is 19.4 Å². The van der Waals surface area contributed by atoms with Crippen LogP contribution in [-0.2, 0) is 0 Å². The van der Waals surface area contributed by atoms with Crippen LogP contribution in [0.15, 0.2) is 9.79 Å². The van der Waals surface area contributed by atoms with Gasteiger partial charge >= 0.3 is 0 Å². The highest BCUT2D eigenvalue weighted by Gasteiger charge is 2.31. The average Bonchev–Trinajstić information content (AvgIpc) is 2.14. The fraction of sp³-hybridized carbons (Fsp3) is 0.444. The summed E-state index contributed by atoms with van der Waals surface area (Å²) in [5.74, 6) is 0.514. The maximum Gasteiger partial charge on any atom is 0.280 e. The summed E-state index contributed by atoms with van der Waals surface area (Å²) in [7, 11) is 0. The highest BCUT2D eigenvalue weighted by atomic mass is 79.9. The van der Waals surface area contributed by atoms with E-state index in [0.717, 1.165) is 5.71 Å². The number of hydrogen-bond acceptors (Lipinski definition) is 5. The number of fused-ring (bicyclic) bond motifs is 1. The summed E-state index contributed by atoms with van der Waals surface area (Å²) in [6, 6.07) is 0.